The number of nitrogens with zero attached hydrogens (tertiary/aromatic N) is 5. The third-order valence-electron chi connectivity index (χ3n) is 6.16. The fraction of sp³-hybridized carbons (Fsp3) is 0.333. The van der Waals surface area contributed by atoms with E-state index < -0.39 is 5.91 Å². The second kappa shape index (κ2) is 9.03. The Bertz CT molecular complexity index is 1250. The van der Waals surface area contributed by atoms with Crippen molar-refractivity contribution < 1.29 is 9.21 Å². The highest BCUT2D eigenvalue weighted by atomic mass is 16.4. The van der Waals surface area contributed by atoms with Gasteiger partial charge in [-0.25, -0.2) is 15.0 Å². The van der Waals surface area contributed by atoms with Crippen molar-refractivity contribution in [3.05, 3.63) is 59.9 Å². The number of nitrogens with two attached hydrogens (primary N) is 1. The summed E-state index contributed by atoms with van der Waals surface area (Å²) in [5.74, 6) is 0.418. The first kappa shape index (κ1) is 21.1. The number of hydrogen-bond acceptors (Lipinski definition) is 7. The van der Waals surface area contributed by atoms with Crippen LogP contribution in [0, 0.1) is 6.92 Å². The van der Waals surface area contributed by atoms with E-state index in [1.54, 1.807) is 19.3 Å². The Morgan fingerprint density at radius 1 is 1.15 bits per heavy atom. The molecule has 170 valence electrons. The molecule has 0 saturated carbocycles. The maximum absolute atomic E-state index is 11.4. The normalized spacial score (nSPS) is 14.8. The smallest absolute Gasteiger partial charge is 0.286 e. The summed E-state index contributed by atoms with van der Waals surface area (Å²) < 4.78 is 5.46. The summed E-state index contributed by atoms with van der Waals surface area (Å²) in [6.07, 6.45) is 7.69. The van der Waals surface area contributed by atoms with E-state index in [9.17, 15) is 4.79 Å². The number of carbonyl (C=O) groups excluding carboxylic acids is 1. The van der Waals surface area contributed by atoms with Crippen molar-refractivity contribution in [3.63, 3.8) is 0 Å². The van der Waals surface area contributed by atoms with Crippen molar-refractivity contribution in [3.8, 4) is 11.5 Å². The molecule has 3 aromatic heterocycles. The monoisotopic (exact) mass is 445 g/mol. The van der Waals surface area contributed by atoms with Gasteiger partial charge >= 0.3 is 0 Å². The largest absolute Gasteiger partial charge is 0.431 e. The Labute approximate surface area is 191 Å². The van der Waals surface area contributed by atoms with Crippen LogP contribution in [0.1, 0.15) is 28.2 Å². The highest BCUT2D eigenvalue weighted by Crippen LogP contribution is 2.22. The number of aromatic amines is 1. The average molecular weight is 446 g/mol. The number of amides is 1. The van der Waals surface area contributed by atoms with Crippen LogP contribution in [0.2, 0.25) is 0 Å². The van der Waals surface area contributed by atoms with Crippen LogP contribution in [0.25, 0.3) is 22.4 Å². The Balaban J connectivity index is 1.13. The van der Waals surface area contributed by atoms with E-state index in [1.807, 2.05) is 0 Å². The number of carbonyl (C=O) groups is 1. The van der Waals surface area contributed by atoms with Gasteiger partial charge in [0.2, 0.25) is 17.6 Å². The van der Waals surface area contributed by atoms with E-state index in [2.05, 4.69) is 60.2 Å². The molecule has 1 amide bonds. The molecule has 0 bridgehead atoms. The molecule has 1 saturated heterocycles. The van der Waals surface area contributed by atoms with Gasteiger partial charge in [-0.3, -0.25) is 9.69 Å². The summed E-state index contributed by atoms with van der Waals surface area (Å²) >= 11 is 0. The van der Waals surface area contributed by atoms with Gasteiger partial charge in [-0.2, -0.15) is 0 Å². The van der Waals surface area contributed by atoms with Crippen molar-refractivity contribution >= 4 is 22.8 Å². The number of oxazole rings is 1. The highest BCUT2D eigenvalue weighted by Gasteiger charge is 2.20. The number of nitrogens with one attached hydrogen (secondary N) is 1. The zero-order valence-corrected chi connectivity index (χ0v) is 18.6. The molecule has 0 atom stereocenters. The SMILES string of the molecule is Cc1nc(-c2cnc(N3CCN(CCCc4c[nH]c5ccccc45)CC3)nc2)oc1C(N)=O. The molecule has 0 aliphatic carbocycles. The number of rotatable bonds is 7. The second-order valence-electron chi connectivity index (χ2n) is 8.36. The molecule has 1 aliphatic heterocycles. The van der Waals surface area contributed by atoms with Crippen molar-refractivity contribution in [1.29, 1.82) is 0 Å². The Morgan fingerprint density at radius 3 is 2.64 bits per heavy atom. The van der Waals surface area contributed by atoms with E-state index >= 15 is 0 Å². The van der Waals surface area contributed by atoms with Crippen molar-refractivity contribution in [2.45, 2.75) is 19.8 Å². The molecule has 3 N–H and O–H groups in total. The molecule has 4 heterocycles. The number of hydrogen-bond donors (Lipinski definition) is 2. The van der Waals surface area contributed by atoms with Gasteiger partial charge in [-0.1, -0.05) is 18.2 Å². The van der Waals surface area contributed by atoms with E-state index in [0.29, 0.717) is 23.1 Å². The summed E-state index contributed by atoms with van der Waals surface area (Å²) in [6.45, 7) is 6.51. The molecule has 0 radical (unpaired) electrons. The average Bonchev–Trinajstić information content (AvgIpc) is 3.43. The van der Waals surface area contributed by atoms with Gasteiger partial charge in [-0.05, 0) is 37.9 Å². The minimum absolute atomic E-state index is 0.0647. The van der Waals surface area contributed by atoms with E-state index in [1.165, 1.54) is 16.5 Å². The number of anilines is 1. The molecule has 0 unspecified atom stereocenters. The fourth-order valence-electron chi connectivity index (χ4n) is 4.35. The number of H-pyrrole nitrogens is 1. The minimum atomic E-state index is -0.636. The highest BCUT2D eigenvalue weighted by molar-refractivity contribution is 5.91. The maximum Gasteiger partial charge on any atom is 0.286 e. The van der Waals surface area contributed by atoms with E-state index in [-0.39, 0.29) is 5.76 Å². The predicted molar refractivity (Wildman–Crippen MR) is 126 cm³/mol. The topological polar surface area (TPSA) is 117 Å². The van der Waals surface area contributed by atoms with E-state index in [4.69, 9.17) is 10.2 Å². The number of primary amides is 1. The number of benzene rings is 1. The van der Waals surface area contributed by atoms with Crippen molar-refractivity contribution in [2.75, 3.05) is 37.6 Å². The fourth-order valence-corrected chi connectivity index (χ4v) is 4.35. The molecule has 1 aromatic carbocycles. The Morgan fingerprint density at radius 2 is 1.91 bits per heavy atom. The van der Waals surface area contributed by atoms with Crippen LogP contribution in [0.3, 0.4) is 0 Å². The van der Waals surface area contributed by atoms with Crippen LogP contribution < -0.4 is 10.6 Å². The summed E-state index contributed by atoms with van der Waals surface area (Å²) in [7, 11) is 0. The van der Waals surface area contributed by atoms with Gasteiger partial charge in [0.25, 0.3) is 5.91 Å². The van der Waals surface area contributed by atoms with Gasteiger partial charge in [0, 0.05) is 55.7 Å². The lowest BCUT2D eigenvalue weighted by Gasteiger charge is -2.34. The Hall–Kier alpha value is -3.72. The molecule has 1 aliphatic rings. The van der Waals surface area contributed by atoms with Crippen LogP contribution >= 0.6 is 0 Å². The molecule has 1 fully saturated rings. The molecule has 9 heteroatoms. The Kier molecular flexibility index (Phi) is 5.78. The van der Waals surface area contributed by atoms with Gasteiger partial charge in [0.1, 0.15) is 0 Å². The van der Waals surface area contributed by atoms with Crippen LogP contribution in [0.5, 0.6) is 0 Å². The first-order chi connectivity index (χ1) is 16.1. The standard InChI is InChI=1S/C24H27N7O2/c1-16-21(22(25)32)33-23(29-16)18-14-27-24(28-15-18)31-11-9-30(10-12-31)8-4-5-17-13-26-20-7-3-2-6-19(17)20/h2-3,6-7,13-15,26H,4-5,8-12H2,1H3,(H2,25,32). The quantitative estimate of drug-likeness (QED) is 0.449. The predicted octanol–water partition coefficient (Wildman–Crippen LogP) is 2.78. The van der Waals surface area contributed by atoms with Crippen LogP contribution in [-0.2, 0) is 6.42 Å². The third kappa shape index (κ3) is 4.45. The lowest BCUT2D eigenvalue weighted by molar-refractivity contribution is 0.0974. The number of aryl methyl sites for hydroxylation is 2. The van der Waals surface area contributed by atoms with Crippen molar-refractivity contribution in [2.24, 2.45) is 5.73 Å². The molecule has 33 heavy (non-hydrogen) atoms. The van der Waals surface area contributed by atoms with Crippen LogP contribution in [0.4, 0.5) is 5.95 Å². The first-order valence-corrected chi connectivity index (χ1v) is 11.2. The maximum atomic E-state index is 11.4. The minimum Gasteiger partial charge on any atom is -0.431 e. The zero-order chi connectivity index (χ0) is 22.8. The second-order valence-corrected chi connectivity index (χ2v) is 8.36. The van der Waals surface area contributed by atoms with Gasteiger partial charge in [-0.15, -0.1) is 0 Å². The number of piperazine rings is 1. The molecule has 0 spiro atoms. The first-order valence-electron chi connectivity index (χ1n) is 11.2. The zero-order valence-electron chi connectivity index (χ0n) is 18.6. The van der Waals surface area contributed by atoms with Gasteiger partial charge < -0.3 is 20.0 Å². The number of para-hydroxylation sites is 1. The number of aromatic nitrogens is 4. The molecular weight excluding hydrogens is 418 g/mol. The summed E-state index contributed by atoms with van der Waals surface area (Å²) in [6, 6.07) is 8.47. The molecule has 9 nitrogen and oxygen atoms in total. The molecular formula is C24H27N7O2. The lowest BCUT2D eigenvalue weighted by Crippen LogP contribution is -2.47. The number of fused-ring (bicyclic) bond motifs is 1. The molecule has 4 aromatic rings. The summed E-state index contributed by atoms with van der Waals surface area (Å²) in [4.78, 5) is 32.7. The van der Waals surface area contributed by atoms with Crippen molar-refractivity contribution in [1.82, 2.24) is 24.8 Å². The summed E-state index contributed by atoms with van der Waals surface area (Å²) in [5, 5.41) is 1.33. The van der Waals surface area contributed by atoms with Crippen LogP contribution in [-0.4, -0.2) is 63.5 Å². The third-order valence-corrected chi connectivity index (χ3v) is 6.16. The summed E-state index contributed by atoms with van der Waals surface area (Å²) in [5.41, 5.74) is 8.97. The van der Waals surface area contributed by atoms with Crippen LogP contribution in [0.15, 0.2) is 47.3 Å². The lowest BCUT2D eigenvalue weighted by atomic mass is 10.1. The van der Waals surface area contributed by atoms with E-state index in [0.717, 1.165) is 45.6 Å². The molecule has 5 rings (SSSR count). The van der Waals surface area contributed by atoms with Gasteiger partial charge in [0.15, 0.2) is 0 Å². The van der Waals surface area contributed by atoms with Gasteiger partial charge in [0.05, 0.1) is 11.3 Å².